The molecule has 5 rings (SSSR count). The van der Waals surface area contributed by atoms with E-state index in [2.05, 4.69) is 10.2 Å². The highest BCUT2D eigenvalue weighted by Crippen LogP contribution is 2.31. The number of hydrogen-bond donors (Lipinski definition) is 1. The van der Waals surface area contributed by atoms with Gasteiger partial charge in [0.15, 0.2) is 0 Å². The molecule has 0 unspecified atom stereocenters. The Bertz CT molecular complexity index is 1930. The van der Waals surface area contributed by atoms with Crippen molar-refractivity contribution in [2.45, 2.75) is 39.9 Å². The molecule has 244 valence electrons. The molecule has 1 aromatic heterocycles. The van der Waals surface area contributed by atoms with Crippen LogP contribution < -0.4 is 10.7 Å². The second kappa shape index (κ2) is 15.6. The van der Waals surface area contributed by atoms with Crippen LogP contribution in [0.15, 0.2) is 95.9 Å². The SMILES string of the molecule is CCOC(=O)c1cn(Cc2c(F)cccc2F)c2cc(-c3ccc(NC(=O)CC)cc3)c(CN(C)Cc3ccccc3)cc2c1=O.Cl. The number of carbonyl (C=O) groups excluding carboxylic acids is 2. The number of pyridine rings is 1. The van der Waals surface area contributed by atoms with E-state index in [0.717, 1.165) is 22.3 Å². The third-order valence-electron chi connectivity index (χ3n) is 7.73. The lowest BCUT2D eigenvalue weighted by Crippen LogP contribution is -2.23. The van der Waals surface area contributed by atoms with Crippen LogP contribution in [-0.2, 0) is 29.2 Å². The lowest BCUT2D eigenvalue weighted by Gasteiger charge is -2.22. The highest BCUT2D eigenvalue weighted by molar-refractivity contribution is 5.96. The maximum atomic E-state index is 14.8. The van der Waals surface area contributed by atoms with Gasteiger partial charge in [-0.05, 0) is 72.6 Å². The van der Waals surface area contributed by atoms with E-state index < -0.39 is 23.0 Å². The molecule has 0 saturated carbocycles. The van der Waals surface area contributed by atoms with Crippen LogP contribution >= 0.6 is 12.4 Å². The van der Waals surface area contributed by atoms with Crippen LogP contribution in [0.1, 0.15) is 47.3 Å². The van der Waals surface area contributed by atoms with Gasteiger partial charge in [-0.2, -0.15) is 0 Å². The quantitative estimate of drug-likeness (QED) is 0.148. The number of nitrogens with one attached hydrogen (secondary N) is 1. The Hall–Kier alpha value is -4.86. The average molecular weight is 660 g/mol. The lowest BCUT2D eigenvalue weighted by atomic mass is 9.95. The van der Waals surface area contributed by atoms with Gasteiger partial charge in [-0.25, -0.2) is 13.6 Å². The number of benzene rings is 4. The maximum absolute atomic E-state index is 14.8. The maximum Gasteiger partial charge on any atom is 0.343 e. The van der Waals surface area contributed by atoms with Crippen molar-refractivity contribution in [3.05, 3.63) is 135 Å². The van der Waals surface area contributed by atoms with Gasteiger partial charge in [0, 0.05) is 42.3 Å². The summed E-state index contributed by atoms with van der Waals surface area (Å²) in [5.74, 6) is -2.40. The Kier molecular flexibility index (Phi) is 11.6. The summed E-state index contributed by atoms with van der Waals surface area (Å²) in [6, 6.07) is 24.5. The zero-order chi connectivity index (χ0) is 32.8. The van der Waals surface area contributed by atoms with Crippen molar-refractivity contribution in [3.63, 3.8) is 0 Å². The summed E-state index contributed by atoms with van der Waals surface area (Å²) in [5, 5.41) is 3.07. The Morgan fingerprint density at radius 2 is 1.57 bits per heavy atom. The molecule has 4 aromatic carbocycles. The van der Waals surface area contributed by atoms with Crippen LogP contribution in [0, 0.1) is 11.6 Å². The van der Waals surface area contributed by atoms with Crippen LogP contribution in [0.5, 0.6) is 0 Å². The normalized spacial score (nSPS) is 10.9. The lowest BCUT2D eigenvalue weighted by molar-refractivity contribution is -0.115. The molecule has 0 fully saturated rings. The van der Waals surface area contributed by atoms with Gasteiger partial charge in [-0.3, -0.25) is 14.5 Å². The molecular weight excluding hydrogens is 624 g/mol. The minimum atomic E-state index is -0.811. The summed E-state index contributed by atoms with van der Waals surface area (Å²) in [5.41, 5.74) is 3.59. The van der Waals surface area contributed by atoms with Crippen molar-refractivity contribution in [3.8, 4) is 11.1 Å². The van der Waals surface area contributed by atoms with Gasteiger partial charge in [-0.1, -0.05) is 55.5 Å². The van der Waals surface area contributed by atoms with Crippen LogP contribution in [0.2, 0.25) is 0 Å². The summed E-state index contributed by atoms with van der Waals surface area (Å²) in [7, 11) is 1.97. The molecule has 10 heteroatoms. The molecule has 0 spiro atoms. The molecule has 47 heavy (non-hydrogen) atoms. The van der Waals surface area contributed by atoms with Crippen molar-refractivity contribution in [1.29, 1.82) is 0 Å². The number of ether oxygens (including phenoxy) is 1. The van der Waals surface area contributed by atoms with Gasteiger partial charge in [0.05, 0.1) is 18.7 Å². The number of aromatic nitrogens is 1. The second-order valence-corrected chi connectivity index (χ2v) is 11.1. The van der Waals surface area contributed by atoms with Gasteiger partial charge in [0.1, 0.15) is 17.2 Å². The zero-order valence-corrected chi connectivity index (χ0v) is 27.2. The van der Waals surface area contributed by atoms with E-state index in [1.54, 1.807) is 32.0 Å². The van der Waals surface area contributed by atoms with Crippen molar-refractivity contribution >= 4 is 40.9 Å². The smallest absolute Gasteiger partial charge is 0.343 e. The molecule has 0 radical (unpaired) electrons. The number of carbonyl (C=O) groups is 2. The highest BCUT2D eigenvalue weighted by atomic mass is 35.5. The van der Waals surface area contributed by atoms with Crippen molar-refractivity contribution in [1.82, 2.24) is 9.47 Å². The Morgan fingerprint density at radius 3 is 2.21 bits per heavy atom. The first-order valence-corrected chi connectivity index (χ1v) is 15.1. The number of hydrogen-bond acceptors (Lipinski definition) is 5. The number of nitrogens with zero attached hydrogens (tertiary/aromatic N) is 2. The summed E-state index contributed by atoms with van der Waals surface area (Å²) >= 11 is 0. The number of esters is 1. The monoisotopic (exact) mass is 659 g/mol. The molecule has 1 N–H and O–H groups in total. The Labute approximate surface area is 278 Å². The third kappa shape index (κ3) is 8.11. The second-order valence-electron chi connectivity index (χ2n) is 11.1. The molecule has 0 aliphatic heterocycles. The summed E-state index contributed by atoms with van der Waals surface area (Å²) < 4.78 is 36.4. The topological polar surface area (TPSA) is 80.6 Å². The van der Waals surface area contributed by atoms with E-state index in [-0.39, 0.29) is 48.0 Å². The molecule has 1 heterocycles. The molecule has 0 aliphatic carbocycles. The summed E-state index contributed by atoms with van der Waals surface area (Å²) in [4.78, 5) is 40.8. The number of fused-ring (bicyclic) bond motifs is 1. The fourth-order valence-electron chi connectivity index (χ4n) is 5.44. The first-order chi connectivity index (χ1) is 22.2. The largest absolute Gasteiger partial charge is 0.462 e. The summed E-state index contributed by atoms with van der Waals surface area (Å²) in [6.45, 7) is 4.28. The predicted octanol–water partition coefficient (Wildman–Crippen LogP) is 7.57. The van der Waals surface area contributed by atoms with E-state index >= 15 is 0 Å². The fraction of sp³-hybridized carbons (Fsp3) is 0.216. The minimum absolute atomic E-state index is 0. The van der Waals surface area contributed by atoms with Crippen molar-refractivity contribution < 1.29 is 23.1 Å². The van der Waals surface area contributed by atoms with Gasteiger partial charge < -0.3 is 14.6 Å². The number of amides is 1. The molecule has 0 atom stereocenters. The molecule has 0 aliphatic rings. The summed E-state index contributed by atoms with van der Waals surface area (Å²) in [6.07, 6.45) is 1.65. The van der Waals surface area contributed by atoms with Crippen LogP contribution in [0.3, 0.4) is 0 Å². The van der Waals surface area contributed by atoms with Crippen molar-refractivity contribution in [2.24, 2.45) is 0 Å². The van der Waals surface area contributed by atoms with Crippen LogP contribution in [0.4, 0.5) is 14.5 Å². The van der Waals surface area contributed by atoms with E-state index in [4.69, 9.17) is 4.74 Å². The van der Waals surface area contributed by atoms with Gasteiger partial charge in [0.2, 0.25) is 11.3 Å². The Morgan fingerprint density at radius 1 is 0.894 bits per heavy atom. The highest BCUT2D eigenvalue weighted by Gasteiger charge is 2.21. The van der Waals surface area contributed by atoms with Gasteiger partial charge in [-0.15, -0.1) is 12.4 Å². The zero-order valence-electron chi connectivity index (χ0n) is 26.4. The average Bonchev–Trinajstić information content (AvgIpc) is 3.04. The third-order valence-corrected chi connectivity index (χ3v) is 7.73. The Balaban J connectivity index is 0.00000500. The van der Waals surface area contributed by atoms with Gasteiger partial charge >= 0.3 is 5.97 Å². The minimum Gasteiger partial charge on any atom is -0.462 e. The molecule has 5 aromatic rings. The molecule has 0 saturated heterocycles. The van der Waals surface area contributed by atoms with Crippen LogP contribution in [0.25, 0.3) is 22.0 Å². The van der Waals surface area contributed by atoms with Crippen LogP contribution in [-0.4, -0.2) is 35.0 Å². The first-order valence-electron chi connectivity index (χ1n) is 15.1. The predicted molar refractivity (Wildman–Crippen MR) is 183 cm³/mol. The fourth-order valence-corrected chi connectivity index (χ4v) is 5.44. The van der Waals surface area contributed by atoms with E-state index in [0.29, 0.717) is 30.7 Å². The van der Waals surface area contributed by atoms with E-state index in [9.17, 15) is 23.2 Å². The van der Waals surface area contributed by atoms with E-state index in [1.165, 1.54) is 29.0 Å². The number of rotatable bonds is 11. The molecule has 0 bridgehead atoms. The van der Waals surface area contributed by atoms with Gasteiger partial charge in [0.25, 0.3) is 0 Å². The van der Waals surface area contributed by atoms with E-state index in [1.807, 2.05) is 55.6 Å². The standard InChI is InChI=1S/C37H35F2N3O4.ClH/c1-4-35(43)40-27-16-14-25(15-17-27)28-19-34-29(18-26(28)21-41(3)20-24-10-7-6-8-11-24)36(44)31(37(45)46-5-2)23-42(34)22-30-32(38)12-9-13-33(30)39;/h6-19,23H,4-5,20-22H2,1-3H3,(H,40,43);1H. The molecule has 1 amide bonds. The molecular formula is C37H36ClF2N3O4. The first kappa shape index (κ1) is 35.0. The van der Waals surface area contributed by atoms with Crippen molar-refractivity contribution in [2.75, 3.05) is 19.0 Å². The number of halogens is 3. The molecule has 7 nitrogen and oxygen atoms in total. The number of anilines is 1.